The largest absolute Gasteiger partial charge is 0.481 e. The van der Waals surface area contributed by atoms with Gasteiger partial charge in [0, 0.05) is 23.5 Å². The molecule has 2 rings (SSSR count). The van der Waals surface area contributed by atoms with E-state index in [1.807, 2.05) is 32.0 Å². The highest BCUT2D eigenvalue weighted by molar-refractivity contribution is 5.97. The Morgan fingerprint density at radius 1 is 1.29 bits per heavy atom. The maximum absolute atomic E-state index is 11.9. The molecule has 0 unspecified atom stereocenters. The molecule has 1 aromatic heterocycles. The Balaban J connectivity index is 1.90. The smallest absolute Gasteiger partial charge is 0.265 e. The molecular weight excluding hydrogens is 308 g/mol. The summed E-state index contributed by atoms with van der Waals surface area (Å²) in [7, 11) is 1.52. The third-order valence-electron chi connectivity index (χ3n) is 3.48. The highest BCUT2D eigenvalue weighted by Crippen LogP contribution is 2.17. The van der Waals surface area contributed by atoms with Crippen LogP contribution in [0.5, 0.6) is 5.88 Å². The standard InChI is InChI=1S/C17H20N4O3/c1-11-5-4-6-14(12(11)2)20-15(22)10-24-21-17(18)13-7-8-16(23-3)19-9-13/h4-9H,10H2,1-3H3,(H2,18,21)(H,20,22). The van der Waals surface area contributed by atoms with E-state index in [4.69, 9.17) is 15.3 Å². The number of ether oxygens (including phenoxy) is 1. The number of hydrogen-bond donors (Lipinski definition) is 2. The second-order valence-electron chi connectivity index (χ2n) is 5.13. The van der Waals surface area contributed by atoms with Crippen molar-refractivity contribution in [3.63, 3.8) is 0 Å². The topological polar surface area (TPSA) is 98.8 Å². The lowest BCUT2D eigenvalue weighted by Crippen LogP contribution is -2.20. The molecule has 7 heteroatoms. The van der Waals surface area contributed by atoms with Crippen LogP contribution in [-0.2, 0) is 9.63 Å². The molecule has 1 heterocycles. The average molecular weight is 328 g/mol. The van der Waals surface area contributed by atoms with Crippen molar-refractivity contribution in [2.24, 2.45) is 10.9 Å². The number of aromatic nitrogens is 1. The molecule has 1 amide bonds. The van der Waals surface area contributed by atoms with Gasteiger partial charge in [0.15, 0.2) is 12.4 Å². The Kier molecular flexibility index (Phi) is 5.73. The molecule has 0 aliphatic carbocycles. The van der Waals surface area contributed by atoms with Crippen LogP contribution in [0.1, 0.15) is 16.7 Å². The summed E-state index contributed by atoms with van der Waals surface area (Å²) in [6.07, 6.45) is 1.51. The Bertz CT molecular complexity index is 742. The normalized spacial score (nSPS) is 11.0. The molecule has 0 fully saturated rings. The molecule has 0 radical (unpaired) electrons. The van der Waals surface area contributed by atoms with Crippen LogP contribution < -0.4 is 15.8 Å². The van der Waals surface area contributed by atoms with Gasteiger partial charge in [-0.3, -0.25) is 4.79 Å². The summed E-state index contributed by atoms with van der Waals surface area (Å²) >= 11 is 0. The number of carbonyl (C=O) groups is 1. The van der Waals surface area contributed by atoms with Crippen LogP contribution in [0.15, 0.2) is 41.7 Å². The van der Waals surface area contributed by atoms with Crippen LogP contribution in [0.25, 0.3) is 0 Å². The van der Waals surface area contributed by atoms with E-state index in [0.717, 1.165) is 16.8 Å². The summed E-state index contributed by atoms with van der Waals surface area (Å²) in [5.74, 6) is 0.290. The van der Waals surface area contributed by atoms with Gasteiger partial charge in [-0.15, -0.1) is 0 Å². The SMILES string of the molecule is COc1ccc(C(N)=NOCC(=O)Nc2cccc(C)c2C)cn1. The molecule has 2 aromatic rings. The van der Waals surface area contributed by atoms with Gasteiger partial charge < -0.3 is 20.6 Å². The van der Waals surface area contributed by atoms with Gasteiger partial charge in [0.2, 0.25) is 5.88 Å². The monoisotopic (exact) mass is 328 g/mol. The number of rotatable bonds is 6. The van der Waals surface area contributed by atoms with Crippen molar-refractivity contribution in [1.29, 1.82) is 0 Å². The van der Waals surface area contributed by atoms with E-state index in [-0.39, 0.29) is 18.3 Å². The number of oxime groups is 1. The predicted molar refractivity (Wildman–Crippen MR) is 92.0 cm³/mol. The highest BCUT2D eigenvalue weighted by atomic mass is 16.6. The fourth-order valence-electron chi connectivity index (χ4n) is 1.94. The number of anilines is 1. The summed E-state index contributed by atoms with van der Waals surface area (Å²) in [6.45, 7) is 3.69. The number of amidine groups is 1. The van der Waals surface area contributed by atoms with E-state index in [9.17, 15) is 4.79 Å². The first kappa shape index (κ1) is 17.3. The fraction of sp³-hybridized carbons (Fsp3) is 0.235. The van der Waals surface area contributed by atoms with E-state index in [1.54, 1.807) is 12.1 Å². The predicted octanol–water partition coefficient (Wildman–Crippen LogP) is 1.98. The maximum Gasteiger partial charge on any atom is 0.265 e. The summed E-state index contributed by atoms with van der Waals surface area (Å²) in [6, 6.07) is 9.05. The first-order valence-corrected chi connectivity index (χ1v) is 7.33. The van der Waals surface area contributed by atoms with Crippen LogP contribution in [0, 0.1) is 13.8 Å². The van der Waals surface area contributed by atoms with Crippen LogP contribution in [0.2, 0.25) is 0 Å². The van der Waals surface area contributed by atoms with E-state index >= 15 is 0 Å². The summed E-state index contributed by atoms with van der Waals surface area (Å²) in [5.41, 5.74) is 9.22. The second-order valence-corrected chi connectivity index (χ2v) is 5.13. The van der Waals surface area contributed by atoms with E-state index in [1.165, 1.54) is 13.3 Å². The van der Waals surface area contributed by atoms with Gasteiger partial charge in [0.05, 0.1) is 7.11 Å². The number of carbonyl (C=O) groups excluding carboxylic acids is 1. The summed E-state index contributed by atoms with van der Waals surface area (Å²) in [5, 5.41) is 6.50. The minimum atomic E-state index is -0.312. The third-order valence-corrected chi connectivity index (χ3v) is 3.48. The van der Waals surface area contributed by atoms with E-state index in [2.05, 4.69) is 15.5 Å². The van der Waals surface area contributed by atoms with Gasteiger partial charge in [-0.05, 0) is 37.1 Å². The number of aryl methyl sites for hydroxylation is 1. The van der Waals surface area contributed by atoms with Gasteiger partial charge in [-0.1, -0.05) is 17.3 Å². The van der Waals surface area contributed by atoms with Crippen molar-refractivity contribution in [3.8, 4) is 5.88 Å². The Hall–Kier alpha value is -3.09. The maximum atomic E-state index is 11.9. The van der Waals surface area contributed by atoms with Crippen LogP contribution in [-0.4, -0.2) is 30.4 Å². The second kappa shape index (κ2) is 7.96. The first-order valence-electron chi connectivity index (χ1n) is 7.33. The molecular formula is C17H20N4O3. The number of hydrogen-bond acceptors (Lipinski definition) is 5. The van der Waals surface area contributed by atoms with Crippen LogP contribution in [0.4, 0.5) is 5.69 Å². The lowest BCUT2D eigenvalue weighted by molar-refractivity contribution is -0.120. The zero-order chi connectivity index (χ0) is 17.5. The molecule has 0 aliphatic rings. The summed E-state index contributed by atoms with van der Waals surface area (Å²) in [4.78, 5) is 20.9. The van der Waals surface area contributed by atoms with Gasteiger partial charge >= 0.3 is 0 Å². The zero-order valence-corrected chi connectivity index (χ0v) is 13.9. The van der Waals surface area contributed by atoms with Crippen molar-refractivity contribution in [2.45, 2.75) is 13.8 Å². The minimum absolute atomic E-state index is 0.129. The quantitative estimate of drug-likeness (QED) is 0.480. The fourth-order valence-corrected chi connectivity index (χ4v) is 1.94. The number of nitrogens with zero attached hydrogens (tertiary/aromatic N) is 2. The van der Waals surface area contributed by atoms with Gasteiger partial charge in [0.1, 0.15) is 0 Å². The molecule has 3 N–H and O–H groups in total. The molecule has 0 saturated heterocycles. The van der Waals surface area contributed by atoms with Crippen molar-refractivity contribution in [1.82, 2.24) is 4.98 Å². The summed E-state index contributed by atoms with van der Waals surface area (Å²) < 4.78 is 4.96. The average Bonchev–Trinajstić information content (AvgIpc) is 2.59. The molecule has 7 nitrogen and oxygen atoms in total. The number of pyridine rings is 1. The Morgan fingerprint density at radius 2 is 2.08 bits per heavy atom. The molecule has 0 saturated carbocycles. The lowest BCUT2D eigenvalue weighted by Gasteiger charge is -2.09. The molecule has 0 atom stereocenters. The van der Waals surface area contributed by atoms with E-state index in [0.29, 0.717) is 11.4 Å². The van der Waals surface area contributed by atoms with Crippen molar-refractivity contribution < 1.29 is 14.4 Å². The number of benzene rings is 1. The van der Waals surface area contributed by atoms with Crippen molar-refractivity contribution >= 4 is 17.4 Å². The number of nitrogens with two attached hydrogens (primary N) is 1. The molecule has 0 spiro atoms. The number of amides is 1. The van der Waals surface area contributed by atoms with Crippen LogP contribution >= 0.6 is 0 Å². The van der Waals surface area contributed by atoms with Crippen molar-refractivity contribution in [3.05, 3.63) is 53.2 Å². The van der Waals surface area contributed by atoms with E-state index < -0.39 is 0 Å². The molecule has 1 aromatic carbocycles. The highest BCUT2D eigenvalue weighted by Gasteiger charge is 2.07. The van der Waals surface area contributed by atoms with Gasteiger partial charge in [0.25, 0.3) is 5.91 Å². The number of nitrogens with one attached hydrogen (secondary N) is 1. The van der Waals surface area contributed by atoms with Crippen LogP contribution in [0.3, 0.4) is 0 Å². The van der Waals surface area contributed by atoms with Gasteiger partial charge in [-0.2, -0.15) is 0 Å². The third kappa shape index (κ3) is 4.45. The first-order chi connectivity index (χ1) is 11.5. The van der Waals surface area contributed by atoms with Gasteiger partial charge in [-0.25, -0.2) is 4.98 Å². The molecule has 0 aliphatic heterocycles. The lowest BCUT2D eigenvalue weighted by atomic mass is 10.1. The van der Waals surface area contributed by atoms with Crippen molar-refractivity contribution in [2.75, 3.05) is 19.0 Å². The molecule has 0 bridgehead atoms. The minimum Gasteiger partial charge on any atom is -0.481 e. The molecule has 126 valence electrons. The number of methoxy groups -OCH3 is 1. The Labute approximate surface area is 140 Å². The Morgan fingerprint density at radius 3 is 2.75 bits per heavy atom. The zero-order valence-electron chi connectivity index (χ0n) is 13.9. The molecule has 24 heavy (non-hydrogen) atoms.